The average Bonchev–Trinajstić information content (AvgIpc) is 2.62. The fourth-order valence-corrected chi connectivity index (χ4v) is 4.22. The highest BCUT2D eigenvalue weighted by Crippen LogP contribution is 2.46. The smallest absolute Gasteiger partial charge is 0.120 e. The second-order valence-electron chi connectivity index (χ2n) is 5.27. The van der Waals surface area contributed by atoms with E-state index in [0.29, 0.717) is 11.8 Å². The molecule has 1 heterocycles. The van der Waals surface area contributed by atoms with Gasteiger partial charge in [-0.15, -0.1) is 11.6 Å². The highest BCUT2D eigenvalue weighted by Gasteiger charge is 2.41. The predicted octanol–water partition coefficient (Wildman–Crippen LogP) is 4.80. The molecule has 1 aromatic rings. The maximum Gasteiger partial charge on any atom is 0.120 e. The molecule has 0 radical (unpaired) electrons. The summed E-state index contributed by atoms with van der Waals surface area (Å²) in [6, 6.07) is 5.94. The van der Waals surface area contributed by atoms with Gasteiger partial charge in [-0.1, -0.05) is 28.9 Å². The van der Waals surface area contributed by atoms with Crippen molar-refractivity contribution < 1.29 is 9.47 Å². The monoisotopic (exact) mass is 346 g/mol. The first-order valence-electron chi connectivity index (χ1n) is 6.58. The van der Waals surface area contributed by atoms with Crippen molar-refractivity contribution >= 4 is 27.5 Å². The SMILES string of the molecule is COc1ccc(C(Cl)C2C(C)OC(C)C2C)c(Br)c1. The van der Waals surface area contributed by atoms with Crippen molar-refractivity contribution in [3.8, 4) is 5.75 Å². The van der Waals surface area contributed by atoms with Gasteiger partial charge in [-0.25, -0.2) is 0 Å². The molecule has 1 aromatic carbocycles. The van der Waals surface area contributed by atoms with Gasteiger partial charge in [-0.3, -0.25) is 0 Å². The van der Waals surface area contributed by atoms with Crippen LogP contribution in [0, 0.1) is 11.8 Å². The zero-order valence-electron chi connectivity index (χ0n) is 11.7. The van der Waals surface area contributed by atoms with E-state index in [1.165, 1.54) is 0 Å². The Hall–Kier alpha value is -0.250. The fourth-order valence-electron chi connectivity index (χ4n) is 2.86. The summed E-state index contributed by atoms with van der Waals surface area (Å²) in [4.78, 5) is 0. The van der Waals surface area contributed by atoms with Gasteiger partial charge in [0.15, 0.2) is 0 Å². The minimum Gasteiger partial charge on any atom is -0.497 e. The first-order valence-corrected chi connectivity index (χ1v) is 7.81. The maximum absolute atomic E-state index is 6.72. The summed E-state index contributed by atoms with van der Waals surface area (Å²) in [5, 5.41) is -0.0600. The van der Waals surface area contributed by atoms with Crippen LogP contribution >= 0.6 is 27.5 Å². The van der Waals surface area contributed by atoms with Gasteiger partial charge in [0.1, 0.15) is 5.75 Å². The molecule has 2 nitrogen and oxygen atoms in total. The molecule has 1 aliphatic heterocycles. The number of benzene rings is 1. The number of halogens is 2. The van der Waals surface area contributed by atoms with E-state index in [0.717, 1.165) is 15.8 Å². The van der Waals surface area contributed by atoms with Gasteiger partial charge >= 0.3 is 0 Å². The van der Waals surface area contributed by atoms with Crippen molar-refractivity contribution in [3.63, 3.8) is 0 Å². The van der Waals surface area contributed by atoms with Crippen LogP contribution in [0.3, 0.4) is 0 Å². The molecule has 5 unspecified atom stereocenters. The molecule has 0 saturated carbocycles. The van der Waals surface area contributed by atoms with Crippen molar-refractivity contribution in [1.29, 1.82) is 0 Å². The van der Waals surface area contributed by atoms with E-state index in [1.807, 2.05) is 18.2 Å². The zero-order chi connectivity index (χ0) is 14.2. The van der Waals surface area contributed by atoms with Crippen molar-refractivity contribution in [1.82, 2.24) is 0 Å². The van der Waals surface area contributed by atoms with E-state index < -0.39 is 0 Å². The molecule has 2 rings (SSSR count). The number of hydrogen-bond acceptors (Lipinski definition) is 2. The summed E-state index contributed by atoms with van der Waals surface area (Å²) in [6.45, 7) is 6.44. The van der Waals surface area contributed by atoms with Crippen molar-refractivity contribution in [3.05, 3.63) is 28.2 Å². The zero-order valence-corrected chi connectivity index (χ0v) is 14.0. The lowest BCUT2D eigenvalue weighted by atomic mass is 9.84. The lowest BCUT2D eigenvalue weighted by molar-refractivity contribution is 0.0508. The average molecular weight is 348 g/mol. The Balaban J connectivity index is 2.26. The van der Waals surface area contributed by atoms with Crippen LogP contribution in [0.1, 0.15) is 31.7 Å². The van der Waals surface area contributed by atoms with E-state index >= 15 is 0 Å². The van der Waals surface area contributed by atoms with Gasteiger partial charge in [0.2, 0.25) is 0 Å². The van der Waals surface area contributed by atoms with Gasteiger partial charge in [0.05, 0.1) is 24.7 Å². The van der Waals surface area contributed by atoms with Crippen LogP contribution in [0.25, 0.3) is 0 Å². The summed E-state index contributed by atoms with van der Waals surface area (Å²) in [6.07, 6.45) is 0.444. The maximum atomic E-state index is 6.72. The standard InChI is InChI=1S/C15H20BrClO2/c1-8-9(2)19-10(3)14(8)15(17)12-6-5-11(18-4)7-13(12)16/h5-10,14-15H,1-4H3. The highest BCUT2D eigenvalue weighted by atomic mass is 79.9. The fraction of sp³-hybridized carbons (Fsp3) is 0.600. The van der Waals surface area contributed by atoms with Gasteiger partial charge in [-0.05, 0) is 37.5 Å². The lowest BCUT2D eigenvalue weighted by Gasteiger charge is -2.25. The molecular formula is C15H20BrClO2. The van der Waals surface area contributed by atoms with Crippen LogP contribution in [-0.4, -0.2) is 19.3 Å². The second kappa shape index (κ2) is 6.02. The lowest BCUT2D eigenvalue weighted by Crippen LogP contribution is -2.22. The minimum atomic E-state index is -0.0600. The number of alkyl halides is 1. The largest absolute Gasteiger partial charge is 0.497 e. The van der Waals surface area contributed by atoms with Crippen LogP contribution < -0.4 is 4.74 Å². The van der Waals surface area contributed by atoms with Crippen LogP contribution in [0.2, 0.25) is 0 Å². The first kappa shape index (κ1) is 15.1. The van der Waals surface area contributed by atoms with Crippen LogP contribution in [0.5, 0.6) is 5.75 Å². The number of hydrogen-bond donors (Lipinski definition) is 0. The molecule has 106 valence electrons. The molecule has 0 N–H and O–H groups in total. The number of methoxy groups -OCH3 is 1. The van der Waals surface area contributed by atoms with E-state index in [2.05, 4.69) is 36.7 Å². The van der Waals surface area contributed by atoms with Gasteiger partial charge in [0, 0.05) is 10.4 Å². The van der Waals surface area contributed by atoms with Crippen molar-refractivity contribution in [2.75, 3.05) is 7.11 Å². The molecule has 0 bridgehead atoms. The minimum absolute atomic E-state index is 0.0600. The van der Waals surface area contributed by atoms with E-state index in [1.54, 1.807) is 7.11 Å². The Morgan fingerprint density at radius 2 is 1.95 bits per heavy atom. The Morgan fingerprint density at radius 3 is 2.42 bits per heavy atom. The Bertz CT molecular complexity index is 452. The third-order valence-corrected chi connectivity index (χ3v) is 5.37. The van der Waals surface area contributed by atoms with E-state index in [-0.39, 0.29) is 17.6 Å². The van der Waals surface area contributed by atoms with Gasteiger partial charge in [-0.2, -0.15) is 0 Å². The summed E-state index contributed by atoms with van der Waals surface area (Å²) < 4.78 is 12.1. The quantitative estimate of drug-likeness (QED) is 0.731. The summed E-state index contributed by atoms with van der Waals surface area (Å²) in [7, 11) is 1.66. The van der Waals surface area contributed by atoms with E-state index in [4.69, 9.17) is 21.1 Å². The first-order chi connectivity index (χ1) is 8.95. The third-order valence-electron chi connectivity index (χ3n) is 4.16. The van der Waals surface area contributed by atoms with Crippen LogP contribution in [0.4, 0.5) is 0 Å². The van der Waals surface area contributed by atoms with Crippen molar-refractivity contribution in [2.24, 2.45) is 11.8 Å². The van der Waals surface area contributed by atoms with Crippen molar-refractivity contribution in [2.45, 2.75) is 38.4 Å². The molecule has 19 heavy (non-hydrogen) atoms. The molecule has 5 atom stereocenters. The topological polar surface area (TPSA) is 18.5 Å². The summed E-state index contributed by atoms with van der Waals surface area (Å²) in [5.41, 5.74) is 1.10. The molecule has 0 spiro atoms. The summed E-state index contributed by atoms with van der Waals surface area (Å²) >= 11 is 10.3. The molecule has 0 amide bonds. The Kier molecular flexibility index (Phi) is 4.80. The van der Waals surface area contributed by atoms with Crippen LogP contribution in [-0.2, 0) is 4.74 Å². The number of rotatable bonds is 3. The van der Waals surface area contributed by atoms with Crippen LogP contribution in [0.15, 0.2) is 22.7 Å². The molecule has 0 aliphatic carbocycles. The number of ether oxygens (including phenoxy) is 2. The summed E-state index contributed by atoms with van der Waals surface area (Å²) in [5.74, 6) is 1.60. The van der Waals surface area contributed by atoms with E-state index in [9.17, 15) is 0 Å². The molecule has 1 saturated heterocycles. The molecular weight excluding hydrogens is 328 g/mol. The molecule has 1 fully saturated rings. The molecule has 1 aliphatic rings. The van der Waals surface area contributed by atoms with Gasteiger partial charge in [0.25, 0.3) is 0 Å². The molecule has 0 aromatic heterocycles. The Morgan fingerprint density at radius 1 is 1.26 bits per heavy atom. The normalized spacial score (nSPS) is 32.3. The Labute approximate surface area is 128 Å². The second-order valence-corrected chi connectivity index (χ2v) is 6.60. The molecule has 4 heteroatoms. The predicted molar refractivity (Wildman–Crippen MR) is 82.0 cm³/mol. The van der Waals surface area contributed by atoms with Gasteiger partial charge < -0.3 is 9.47 Å². The highest BCUT2D eigenvalue weighted by molar-refractivity contribution is 9.10. The third kappa shape index (κ3) is 2.93.